The maximum absolute atomic E-state index is 13.6. The molecule has 3 nitrogen and oxygen atoms in total. The number of carbonyl (C=O) groups is 1. The van der Waals surface area contributed by atoms with Gasteiger partial charge in [0.1, 0.15) is 11.5 Å². The van der Waals surface area contributed by atoms with Gasteiger partial charge in [-0.25, -0.2) is 8.78 Å². The first-order valence-electron chi connectivity index (χ1n) is 5.89. The summed E-state index contributed by atoms with van der Waals surface area (Å²) in [5.74, 6) is -1.41. The summed E-state index contributed by atoms with van der Waals surface area (Å²) in [7, 11) is 0. The molecular formula is C13H18F2N2O. The molecule has 0 aliphatic carbocycles. The maximum Gasteiger partial charge on any atom is 0.221 e. The first-order chi connectivity index (χ1) is 8.41. The third-order valence-electron chi connectivity index (χ3n) is 2.39. The van der Waals surface area contributed by atoms with Crippen molar-refractivity contribution in [3.8, 4) is 0 Å². The highest BCUT2D eigenvalue weighted by Crippen LogP contribution is 2.21. The number of hydrogen-bond acceptors (Lipinski definition) is 2. The van der Waals surface area contributed by atoms with Gasteiger partial charge in [0, 0.05) is 19.0 Å². The minimum absolute atomic E-state index is 0.0601. The maximum atomic E-state index is 13.6. The molecule has 0 unspecified atom stereocenters. The minimum Gasteiger partial charge on any atom is -0.380 e. The molecule has 0 saturated carbocycles. The largest absolute Gasteiger partial charge is 0.380 e. The number of rotatable bonds is 5. The Morgan fingerprint density at radius 2 is 2.00 bits per heavy atom. The van der Waals surface area contributed by atoms with Gasteiger partial charge < -0.3 is 10.6 Å². The molecule has 0 fully saturated rings. The van der Waals surface area contributed by atoms with Crippen molar-refractivity contribution in [2.75, 3.05) is 11.9 Å². The van der Waals surface area contributed by atoms with Gasteiger partial charge in [0.2, 0.25) is 5.91 Å². The second-order valence-electron chi connectivity index (χ2n) is 4.45. The van der Waals surface area contributed by atoms with E-state index in [1.807, 2.05) is 13.8 Å². The highest BCUT2D eigenvalue weighted by Gasteiger charge is 2.11. The summed E-state index contributed by atoms with van der Waals surface area (Å²) in [6, 6.07) is 2.64. The number of anilines is 1. The fourth-order valence-corrected chi connectivity index (χ4v) is 1.51. The molecule has 0 aromatic heterocycles. The summed E-state index contributed by atoms with van der Waals surface area (Å²) in [4.78, 5) is 11.3. The van der Waals surface area contributed by atoms with E-state index in [-0.39, 0.29) is 30.6 Å². The van der Waals surface area contributed by atoms with E-state index in [0.29, 0.717) is 5.56 Å². The Kier molecular flexibility index (Phi) is 5.07. The Hall–Kier alpha value is -1.65. The number of hydrogen-bond donors (Lipinski definition) is 2. The van der Waals surface area contributed by atoms with E-state index >= 15 is 0 Å². The average molecular weight is 256 g/mol. The number of aryl methyl sites for hydroxylation is 1. The Bertz CT molecular complexity index is 433. The molecule has 0 atom stereocenters. The molecule has 0 bridgehead atoms. The standard InChI is InChI=1S/C13H18F2N2O/c1-8(2)17-11(18)6-7-16-13-10(14)5-4-9(3)12(13)15/h4-5,8,16H,6-7H2,1-3H3,(H,17,18). The van der Waals surface area contributed by atoms with Crippen molar-refractivity contribution in [1.82, 2.24) is 5.32 Å². The monoisotopic (exact) mass is 256 g/mol. The molecule has 0 aliphatic heterocycles. The van der Waals surface area contributed by atoms with E-state index in [4.69, 9.17) is 0 Å². The van der Waals surface area contributed by atoms with Crippen LogP contribution in [0.4, 0.5) is 14.5 Å². The molecule has 5 heteroatoms. The van der Waals surface area contributed by atoms with Crippen LogP contribution in [0.15, 0.2) is 12.1 Å². The molecule has 1 rings (SSSR count). The Labute approximate surface area is 106 Å². The second-order valence-corrected chi connectivity index (χ2v) is 4.45. The zero-order chi connectivity index (χ0) is 13.7. The predicted octanol–water partition coefficient (Wildman–Crippen LogP) is 2.60. The Morgan fingerprint density at radius 3 is 2.61 bits per heavy atom. The van der Waals surface area contributed by atoms with Crippen molar-refractivity contribution in [3.05, 3.63) is 29.3 Å². The molecule has 100 valence electrons. The molecule has 0 radical (unpaired) electrons. The van der Waals surface area contributed by atoms with Gasteiger partial charge in [-0.05, 0) is 32.4 Å². The van der Waals surface area contributed by atoms with Crippen LogP contribution in [0.25, 0.3) is 0 Å². The number of carbonyl (C=O) groups excluding carboxylic acids is 1. The van der Waals surface area contributed by atoms with Gasteiger partial charge in [-0.2, -0.15) is 0 Å². The van der Waals surface area contributed by atoms with E-state index in [1.54, 1.807) is 6.92 Å². The third-order valence-corrected chi connectivity index (χ3v) is 2.39. The van der Waals surface area contributed by atoms with Crippen molar-refractivity contribution in [2.45, 2.75) is 33.2 Å². The molecule has 1 aromatic rings. The van der Waals surface area contributed by atoms with Crippen LogP contribution < -0.4 is 10.6 Å². The highest BCUT2D eigenvalue weighted by atomic mass is 19.1. The lowest BCUT2D eigenvalue weighted by molar-refractivity contribution is -0.121. The van der Waals surface area contributed by atoms with Crippen LogP contribution >= 0.6 is 0 Å². The SMILES string of the molecule is Cc1ccc(F)c(NCCC(=O)NC(C)C)c1F. The molecule has 0 saturated heterocycles. The van der Waals surface area contributed by atoms with Crippen LogP contribution in [0.3, 0.4) is 0 Å². The van der Waals surface area contributed by atoms with Crippen LogP contribution in [-0.2, 0) is 4.79 Å². The van der Waals surface area contributed by atoms with Crippen molar-refractivity contribution >= 4 is 11.6 Å². The van der Waals surface area contributed by atoms with Gasteiger partial charge in [0.05, 0.1) is 0 Å². The summed E-state index contributed by atoms with van der Waals surface area (Å²) < 4.78 is 27.0. The quantitative estimate of drug-likeness (QED) is 0.850. The summed E-state index contributed by atoms with van der Waals surface area (Å²) in [5, 5.41) is 5.32. The molecule has 0 heterocycles. The highest BCUT2D eigenvalue weighted by molar-refractivity contribution is 5.76. The molecule has 2 N–H and O–H groups in total. The van der Waals surface area contributed by atoms with Crippen LogP contribution in [0.2, 0.25) is 0 Å². The number of halogens is 2. The fourth-order valence-electron chi connectivity index (χ4n) is 1.51. The minimum atomic E-state index is -0.651. The first kappa shape index (κ1) is 14.4. The first-order valence-corrected chi connectivity index (χ1v) is 5.89. The third kappa shape index (κ3) is 3.98. The molecule has 18 heavy (non-hydrogen) atoms. The van der Waals surface area contributed by atoms with Crippen molar-refractivity contribution in [2.24, 2.45) is 0 Å². The van der Waals surface area contributed by atoms with Crippen LogP contribution in [0.1, 0.15) is 25.8 Å². The van der Waals surface area contributed by atoms with E-state index in [9.17, 15) is 13.6 Å². The van der Waals surface area contributed by atoms with Gasteiger partial charge in [0.15, 0.2) is 5.82 Å². The zero-order valence-corrected chi connectivity index (χ0v) is 10.8. The molecule has 1 amide bonds. The van der Waals surface area contributed by atoms with Gasteiger partial charge >= 0.3 is 0 Å². The molecule has 1 aromatic carbocycles. The van der Waals surface area contributed by atoms with Gasteiger partial charge in [-0.3, -0.25) is 4.79 Å². The Balaban J connectivity index is 2.54. The smallest absolute Gasteiger partial charge is 0.221 e. The fraction of sp³-hybridized carbons (Fsp3) is 0.462. The van der Waals surface area contributed by atoms with Gasteiger partial charge in [-0.1, -0.05) is 6.07 Å². The number of amides is 1. The van der Waals surface area contributed by atoms with Gasteiger partial charge in [0.25, 0.3) is 0 Å². The topological polar surface area (TPSA) is 41.1 Å². The number of nitrogens with one attached hydrogen (secondary N) is 2. The molecule has 0 spiro atoms. The van der Waals surface area contributed by atoms with E-state index in [2.05, 4.69) is 10.6 Å². The summed E-state index contributed by atoms with van der Waals surface area (Å²) in [6.45, 7) is 5.46. The Morgan fingerprint density at radius 1 is 1.33 bits per heavy atom. The van der Waals surface area contributed by atoms with E-state index in [1.165, 1.54) is 12.1 Å². The normalized spacial score (nSPS) is 10.6. The summed E-state index contributed by atoms with van der Waals surface area (Å²) in [6.07, 6.45) is 0.172. The van der Waals surface area contributed by atoms with Crippen molar-refractivity contribution in [3.63, 3.8) is 0 Å². The van der Waals surface area contributed by atoms with Gasteiger partial charge in [-0.15, -0.1) is 0 Å². The average Bonchev–Trinajstić information content (AvgIpc) is 2.27. The summed E-state index contributed by atoms with van der Waals surface area (Å²) >= 11 is 0. The van der Waals surface area contributed by atoms with Crippen LogP contribution in [0.5, 0.6) is 0 Å². The van der Waals surface area contributed by atoms with Crippen molar-refractivity contribution in [1.29, 1.82) is 0 Å². The van der Waals surface area contributed by atoms with Crippen LogP contribution in [0, 0.1) is 18.6 Å². The molecular weight excluding hydrogens is 238 g/mol. The lowest BCUT2D eigenvalue weighted by Crippen LogP contribution is -2.31. The second kappa shape index (κ2) is 6.33. The van der Waals surface area contributed by atoms with E-state index < -0.39 is 11.6 Å². The van der Waals surface area contributed by atoms with Crippen LogP contribution in [-0.4, -0.2) is 18.5 Å². The molecule has 0 aliphatic rings. The van der Waals surface area contributed by atoms with E-state index in [0.717, 1.165) is 0 Å². The predicted molar refractivity (Wildman–Crippen MR) is 67.5 cm³/mol. The number of benzene rings is 1. The van der Waals surface area contributed by atoms with Crippen molar-refractivity contribution < 1.29 is 13.6 Å². The lowest BCUT2D eigenvalue weighted by atomic mass is 10.2. The summed E-state index contributed by atoms with van der Waals surface area (Å²) in [5.41, 5.74) is 0.192. The lowest BCUT2D eigenvalue weighted by Gasteiger charge is -2.11. The zero-order valence-electron chi connectivity index (χ0n) is 10.8.